The molecular weight excluding hydrogens is 464 g/mol. The lowest BCUT2D eigenvalue weighted by Crippen LogP contribution is -2.54. The fourth-order valence-electron chi connectivity index (χ4n) is 3.74. The highest BCUT2D eigenvalue weighted by Crippen LogP contribution is 2.23. The summed E-state index contributed by atoms with van der Waals surface area (Å²) in [5.74, 6) is -0.325. The number of carbonyl (C=O) groups is 1. The third-order valence-corrected chi connectivity index (χ3v) is 9.71. The summed E-state index contributed by atoms with van der Waals surface area (Å²) in [6.45, 7) is 5.21. The van der Waals surface area contributed by atoms with Crippen molar-refractivity contribution < 1.29 is 21.6 Å². The number of anilines is 1. The van der Waals surface area contributed by atoms with Crippen molar-refractivity contribution in [2.45, 2.75) is 18.7 Å². The second kappa shape index (κ2) is 10.2. The lowest BCUT2D eigenvalue weighted by molar-refractivity contribution is 0.0694. The highest BCUT2D eigenvalue weighted by Gasteiger charge is 2.32. The van der Waals surface area contributed by atoms with E-state index in [1.165, 1.54) is 32.1 Å². The molecule has 1 saturated heterocycles. The van der Waals surface area contributed by atoms with Gasteiger partial charge in [0.05, 0.1) is 10.6 Å². The van der Waals surface area contributed by atoms with Gasteiger partial charge in [0, 0.05) is 51.9 Å². The quantitative estimate of drug-likeness (QED) is 0.558. The Bertz CT molecular complexity index is 1170. The van der Waals surface area contributed by atoms with E-state index in [0.29, 0.717) is 18.8 Å². The lowest BCUT2D eigenvalue weighted by atomic mass is 10.2. The van der Waals surface area contributed by atoms with Crippen LogP contribution in [0.2, 0.25) is 0 Å². The summed E-state index contributed by atoms with van der Waals surface area (Å²) < 4.78 is 55.5. The molecule has 0 spiro atoms. The number of hydrogen-bond donors (Lipinski definition) is 0. The van der Waals surface area contributed by atoms with E-state index in [0.717, 1.165) is 0 Å². The highest BCUT2D eigenvalue weighted by molar-refractivity contribution is 7.92. The van der Waals surface area contributed by atoms with Gasteiger partial charge in [-0.05, 0) is 30.3 Å². The molecule has 0 aliphatic carbocycles. The van der Waals surface area contributed by atoms with Gasteiger partial charge in [-0.15, -0.1) is 0 Å². The molecule has 2 aromatic rings. The summed E-state index contributed by atoms with van der Waals surface area (Å²) in [6.07, 6.45) is 0. The summed E-state index contributed by atoms with van der Waals surface area (Å²) in [5.41, 5.74) is 0.761. The molecule has 180 valence electrons. The molecule has 1 fully saturated rings. The zero-order valence-corrected chi connectivity index (χ0v) is 20.7. The normalized spacial score (nSPS) is 15.6. The molecule has 1 heterocycles. The Balaban J connectivity index is 1.74. The number of rotatable bonds is 8. The highest BCUT2D eigenvalue weighted by atomic mass is 32.2. The third kappa shape index (κ3) is 5.21. The van der Waals surface area contributed by atoms with E-state index in [-0.39, 0.29) is 42.5 Å². The van der Waals surface area contributed by atoms with Crippen molar-refractivity contribution in [2.24, 2.45) is 0 Å². The Morgan fingerprint density at radius 1 is 0.879 bits per heavy atom. The predicted octanol–water partition coefficient (Wildman–Crippen LogP) is 1.86. The molecule has 0 unspecified atom stereocenters. The predicted molar refractivity (Wildman–Crippen MR) is 128 cm³/mol. The summed E-state index contributed by atoms with van der Waals surface area (Å²) in [7, 11) is -5.94. The van der Waals surface area contributed by atoms with E-state index in [1.807, 2.05) is 0 Å². The van der Waals surface area contributed by atoms with E-state index in [2.05, 4.69) is 0 Å². The number of hydrogen-bond acceptors (Lipinski definition) is 5. The molecule has 1 amide bonds. The van der Waals surface area contributed by atoms with Gasteiger partial charge in [0.25, 0.3) is 26.1 Å². The van der Waals surface area contributed by atoms with Gasteiger partial charge in [0.15, 0.2) is 0 Å². The molecule has 1 aliphatic rings. The van der Waals surface area contributed by atoms with E-state index in [1.54, 1.807) is 61.2 Å². The number of benzene rings is 2. The van der Waals surface area contributed by atoms with Crippen molar-refractivity contribution >= 4 is 31.8 Å². The van der Waals surface area contributed by atoms with Gasteiger partial charge in [0.1, 0.15) is 0 Å². The Morgan fingerprint density at radius 2 is 1.48 bits per heavy atom. The molecule has 1 aliphatic heterocycles. The average Bonchev–Trinajstić information content (AvgIpc) is 2.84. The Labute approximate surface area is 196 Å². The third-order valence-electron chi connectivity index (χ3n) is 5.74. The first-order chi connectivity index (χ1) is 15.6. The van der Waals surface area contributed by atoms with Gasteiger partial charge in [-0.2, -0.15) is 17.0 Å². The molecule has 0 aromatic heterocycles. The monoisotopic (exact) mass is 494 g/mol. The molecule has 3 rings (SSSR count). The molecule has 0 bridgehead atoms. The zero-order valence-electron chi connectivity index (χ0n) is 19.1. The minimum Gasteiger partial charge on any atom is -0.336 e. The van der Waals surface area contributed by atoms with Crippen molar-refractivity contribution in [3.63, 3.8) is 0 Å². The smallest absolute Gasteiger partial charge is 0.282 e. The van der Waals surface area contributed by atoms with Gasteiger partial charge in [-0.3, -0.25) is 9.10 Å². The van der Waals surface area contributed by atoms with Crippen LogP contribution in [0.15, 0.2) is 59.5 Å². The minimum atomic E-state index is -3.85. The Morgan fingerprint density at radius 3 is 2.06 bits per heavy atom. The van der Waals surface area contributed by atoms with Crippen LogP contribution in [0.1, 0.15) is 24.2 Å². The van der Waals surface area contributed by atoms with Crippen LogP contribution in [0, 0.1) is 0 Å². The lowest BCUT2D eigenvalue weighted by Gasteiger charge is -2.36. The van der Waals surface area contributed by atoms with Crippen LogP contribution in [-0.4, -0.2) is 82.6 Å². The molecule has 33 heavy (non-hydrogen) atoms. The van der Waals surface area contributed by atoms with Crippen LogP contribution in [0.5, 0.6) is 0 Å². The fourth-order valence-corrected chi connectivity index (χ4v) is 6.59. The largest absolute Gasteiger partial charge is 0.336 e. The number of nitrogens with zero attached hydrogens (tertiary/aromatic N) is 4. The average molecular weight is 495 g/mol. The van der Waals surface area contributed by atoms with E-state index < -0.39 is 20.2 Å². The first kappa shape index (κ1) is 25.2. The van der Waals surface area contributed by atoms with Crippen LogP contribution >= 0.6 is 0 Å². The Hall–Kier alpha value is -2.47. The van der Waals surface area contributed by atoms with Crippen molar-refractivity contribution in [2.75, 3.05) is 50.6 Å². The summed E-state index contributed by atoms with van der Waals surface area (Å²) in [5, 5.41) is 0. The van der Waals surface area contributed by atoms with Gasteiger partial charge >= 0.3 is 0 Å². The summed E-state index contributed by atoms with van der Waals surface area (Å²) in [4.78, 5) is 14.6. The van der Waals surface area contributed by atoms with E-state index in [4.69, 9.17) is 0 Å². The number of amides is 1. The maximum atomic E-state index is 13.1. The van der Waals surface area contributed by atoms with Gasteiger partial charge < -0.3 is 4.90 Å². The molecule has 0 saturated carbocycles. The molecular formula is C22H30N4O5S2. The van der Waals surface area contributed by atoms with Crippen molar-refractivity contribution in [3.8, 4) is 0 Å². The first-order valence-corrected chi connectivity index (χ1v) is 13.6. The van der Waals surface area contributed by atoms with Crippen LogP contribution < -0.4 is 4.31 Å². The summed E-state index contributed by atoms with van der Waals surface area (Å²) >= 11 is 0. The SMILES string of the molecule is CCN(CC)S(=O)(=O)N1CCN(C(=O)c2cccc(S(=O)(=O)N(C)c3ccccc3)c2)CC1. The number of para-hydroxylation sites is 1. The van der Waals surface area contributed by atoms with E-state index >= 15 is 0 Å². The second-order valence-corrected chi connectivity index (χ2v) is 11.5. The van der Waals surface area contributed by atoms with Crippen molar-refractivity contribution in [3.05, 3.63) is 60.2 Å². The summed E-state index contributed by atoms with van der Waals surface area (Å²) in [6, 6.07) is 14.6. The Kier molecular flexibility index (Phi) is 7.78. The maximum absolute atomic E-state index is 13.1. The second-order valence-electron chi connectivity index (χ2n) is 7.62. The van der Waals surface area contributed by atoms with Crippen molar-refractivity contribution in [1.29, 1.82) is 0 Å². The fraction of sp³-hybridized carbons (Fsp3) is 0.409. The molecule has 0 atom stereocenters. The molecule has 0 N–H and O–H groups in total. The topological polar surface area (TPSA) is 98.3 Å². The number of carbonyl (C=O) groups excluding carboxylic acids is 1. The van der Waals surface area contributed by atoms with Crippen LogP contribution in [-0.2, 0) is 20.2 Å². The van der Waals surface area contributed by atoms with E-state index in [9.17, 15) is 21.6 Å². The first-order valence-electron chi connectivity index (χ1n) is 10.8. The van der Waals surface area contributed by atoms with Crippen LogP contribution in [0.4, 0.5) is 5.69 Å². The van der Waals surface area contributed by atoms with Gasteiger partial charge in [-0.1, -0.05) is 38.1 Å². The molecule has 0 radical (unpaired) electrons. The minimum absolute atomic E-state index is 0.0162. The molecule has 9 nitrogen and oxygen atoms in total. The molecule has 11 heteroatoms. The zero-order chi connectivity index (χ0) is 24.2. The molecule has 2 aromatic carbocycles. The van der Waals surface area contributed by atoms with Gasteiger partial charge in [-0.25, -0.2) is 8.42 Å². The van der Waals surface area contributed by atoms with Gasteiger partial charge in [0.2, 0.25) is 0 Å². The van der Waals surface area contributed by atoms with Crippen molar-refractivity contribution in [1.82, 2.24) is 13.5 Å². The van der Waals surface area contributed by atoms with Crippen LogP contribution in [0.3, 0.4) is 0 Å². The maximum Gasteiger partial charge on any atom is 0.282 e. The number of piperazine rings is 1. The standard InChI is InChI=1S/C22H30N4O5S2/c1-4-25(5-2)33(30,31)26-16-14-24(15-17-26)22(27)19-10-9-13-21(18-19)32(28,29)23(3)20-11-7-6-8-12-20/h6-13,18H,4-5,14-17H2,1-3H3. The number of sulfonamides is 1. The van der Waals surface area contributed by atoms with Crippen LogP contribution in [0.25, 0.3) is 0 Å².